The van der Waals surface area contributed by atoms with Crippen LogP contribution in [0.15, 0.2) is 67.3 Å². The Morgan fingerprint density at radius 1 is 1.05 bits per heavy atom. The molecule has 2 amide bonds. The third kappa shape index (κ3) is 6.64. The Morgan fingerprint density at radius 3 is 2.49 bits per heavy atom. The fourth-order valence-electron chi connectivity index (χ4n) is 4.02. The van der Waals surface area contributed by atoms with Crippen LogP contribution >= 0.6 is 11.3 Å². The molecule has 4 aromatic rings. The molecule has 0 unspecified atom stereocenters. The van der Waals surface area contributed by atoms with Gasteiger partial charge in [-0.1, -0.05) is 53.3 Å². The molecule has 0 aliphatic carbocycles. The second-order valence-electron chi connectivity index (χ2n) is 11.1. The van der Waals surface area contributed by atoms with Crippen LogP contribution in [-0.4, -0.2) is 27.4 Å². The number of thiophene rings is 1. The summed E-state index contributed by atoms with van der Waals surface area (Å²) >= 11 is 1.49. The van der Waals surface area contributed by atoms with Gasteiger partial charge in [-0.05, 0) is 72.4 Å². The molecule has 7 nitrogen and oxygen atoms in total. The van der Waals surface area contributed by atoms with Crippen LogP contribution in [0.25, 0.3) is 16.7 Å². The minimum Gasteiger partial charge on any atom is -0.322 e. The summed E-state index contributed by atoms with van der Waals surface area (Å²) in [5.41, 5.74) is 4.24. The van der Waals surface area contributed by atoms with Gasteiger partial charge in [0, 0.05) is 23.2 Å². The highest BCUT2D eigenvalue weighted by molar-refractivity contribution is 7.14. The van der Waals surface area contributed by atoms with E-state index < -0.39 is 0 Å². The van der Waals surface area contributed by atoms with Crippen molar-refractivity contribution in [3.8, 4) is 5.69 Å². The van der Waals surface area contributed by atoms with Crippen molar-refractivity contribution in [2.75, 3.05) is 10.6 Å². The minimum absolute atomic E-state index is 0.145. The van der Waals surface area contributed by atoms with Crippen LogP contribution in [0.2, 0.25) is 0 Å². The number of nitrogens with one attached hydrogen (secondary N) is 3. The summed E-state index contributed by atoms with van der Waals surface area (Å²) in [7, 11) is 0. The third-order valence-corrected chi connectivity index (χ3v) is 8.22. The molecule has 1 atom stereocenters. The summed E-state index contributed by atoms with van der Waals surface area (Å²) in [6, 6.07) is 17.8. The van der Waals surface area contributed by atoms with E-state index in [1.54, 1.807) is 0 Å². The molecular formula is C31H37N5O2S. The molecule has 8 heteroatoms. The van der Waals surface area contributed by atoms with E-state index in [4.69, 9.17) is 4.98 Å². The van der Waals surface area contributed by atoms with Crippen molar-refractivity contribution in [3.05, 3.63) is 82.6 Å². The van der Waals surface area contributed by atoms with Gasteiger partial charge in [0.05, 0.1) is 21.6 Å². The molecule has 204 valence electrons. The van der Waals surface area contributed by atoms with Crippen LogP contribution in [0, 0.1) is 5.41 Å². The number of fused-ring (bicyclic) bond motifs is 1. The van der Waals surface area contributed by atoms with E-state index in [9.17, 15) is 9.59 Å². The minimum atomic E-state index is -0.295. The van der Waals surface area contributed by atoms with Crippen LogP contribution in [0.3, 0.4) is 0 Å². The SMILES string of the molecule is C=CC(=O)Nc1cccc(-n2c(NC(=O)c3ccc(C(C)C)s3)nc3cc(CN[C@@H](C)C(C)(C)C)ccc32)c1. The number of amides is 2. The first-order valence-corrected chi connectivity index (χ1v) is 14.0. The molecule has 0 aliphatic heterocycles. The first-order valence-electron chi connectivity index (χ1n) is 13.2. The predicted molar refractivity (Wildman–Crippen MR) is 162 cm³/mol. The molecule has 3 N–H and O–H groups in total. The van der Waals surface area contributed by atoms with Gasteiger partial charge in [-0.3, -0.25) is 19.5 Å². The number of rotatable bonds is 9. The van der Waals surface area contributed by atoms with Crippen molar-refractivity contribution >= 4 is 45.8 Å². The zero-order chi connectivity index (χ0) is 28.3. The van der Waals surface area contributed by atoms with Gasteiger partial charge in [0.1, 0.15) is 0 Å². The lowest BCUT2D eigenvalue weighted by molar-refractivity contribution is -0.111. The van der Waals surface area contributed by atoms with E-state index >= 15 is 0 Å². The Morgan fingerprint density at radius 2 is 1.82 bits per heavy atom. The molecule has 0 spiro atoms. The Kier molecular flexibility index (Phi) is 8.37. The van der Waals surface area contributed by atoms with E-state index in [-0.39, 0.29) is 17.2 Å². The molecule has 4 rings (SSSR count). The summed E-state index contributed by atoms with van der Waals surface area (Å²) in [6.07, 6.45) is 1.23. The van der Waals surface area contributed by atoms with Crippen molar-refractivity contribution in [1.82, 2.24) is 14.9 Å². The summed E-state index contributed by atoms with van der Waals surface area (Å²) < 4.78 is 1.91. The van der Waals surface area contributed by atoms with Gasteiger partial charge >= 0.3 is 0 Å². The lowest BCUT2D eigenvalue weighted by Gasteiger charge is -2.28. The van der Waals surface area contributed by atoms with Gasteiger partial charge in [-0.2, -0.15) is 0 Å². The van der Waals surface area contributed by atoms with Gasteiger partial charge in [0.15, 0.2) is 0 Å². The number of aromatic nitrogens is 2. The summed E-state index contributed by atoms with van der Waals surface area (Å²) in [4.78, 5) is 31.8. The molecule has 0 saturated heterocycles. The largest absolute Gasteiger partial charge is 0.322 e. The van der Waals surface area contributed by atoms with Crippen molar-refractivity contribution in [2.45, 2.75) is 60.0 Å². The van der Waals surface area contributed by atoms with E-state index in [1.165, 1.54) is 17.4 Å². The van der Waals surface area contributed by atoms with Crippen LogP contribution in [-0.2, 0) is 11.3 Å². The van der Waals surface area contributed by atoms with Crippen LogP contribution in [0.4, 0.5) is 11.6 Å². The number of benzene rings is 2. The average Bonchev–Trinajstić information content (AvgIpc) is 3.52. The van der Waals surface area contributed by atoms with Gasteiger partial charge in [0.2, 0.25) is 11.9 Å². The molecular weight excluding hydrogens is 506 g/mol. The molecule has 0 saturated carbocycles. The topological polar surface area (TPSA) is 88.1 Å². The molecule has 0 fully saturated rings. The molecule has 0 aliphatic rings. The predicted octanol–water partition coefficient (Wildman–Crippen LogP) is 7.11. The van der Waals surface area contributed by atoms with E-state index in [2.05, 4.69) is 76.2 Å². The summed E-state index contributed by atoms with van der Waals surface area (Å²) in [6.45, 7) is 17.3. The molecule has 0 bridgehead atoms. The maximum atomic E-state index is 13.3. The number of imidazole rings is 1. The molecule has 39 heavy (non-hydrogen) atoms. The van der Waals surface area contributed by atoms with Gasteiger partial charge in [-0.25, -0.2) is 4.98 Å². The zero-order valence-electron chi connectivity index (χ0n) is 23.5. The lowest BCUT2D eigenvalue weighted by atomic mass is 9.88. The average molecular weight is 544 g/mol. The number of hydrogen-bond acceptors (Lipinski definition) is 5. The smallest absolute Gasteiger partial charge is 0.268 e. The monoisotopic (exact) mass is 543 g/mol. The van der Waals surface area contributed by atoms with E-state index in [1.807, 2.05) is 47.0 Å². The standard InChI is InChI=1S/C31H37N5O2S/c1-8-28(37)33-22-10-9-11-23(17-22)36-25-13-12-21(18-32-20(4)31(5,6)7)16-24(25)34-30(36)35-29(38)27-15-14-26(39-27)19(2)3/h8-17,19-20,32H,1,18H2,2-7H3,(H,33,37)(H,34,35,38)/t20-/m0/s1. The summed E-state index contributed by atoms with van der Waals surface area (Å²) in [5.74, 6) is 0.259. The van der Waals surface area contributed by atoms with Gasteiger partial charge < -0.3 is 10.6 Å². The Bertz CT molecular complexity index is 1510. The zero-order valence-corrected chi connectivity index (χ0v) is 24.3. The number of anilines is 2. The maximum absolute atomic E-state index is 13.3. The fourth-order valence-corrected chi connectivity index (χ4v) is 4.93. The fraction of sp³-hybridized carbons (Fsp3) is 0.323. The molecule has 2 aromatic heterocycles. The quantitative estimate of drug-likeness (QED) is 0.196. The third-order valence-electron chi connectivity index (χ3n) is 6.83. The highest BCUT2D eigenvalue weighted by Gasteiger charge is 2.21. The van der Waals surface area contributed by atoms with Crippen LogP contribution in [0.1, 0.15) is 67.6 Å². The Hall–Kier alpha value is -3.75. The van der Waals surface area contributed by atoms with Crippen molar-refractivity contribution in [2.24, 2.45) is 5.41 Å². The molecule has 0 radical (unpaired) electrons. The highest BCUT2D eigenvalue weighted by atomic mass is 32.1. The number of carbonyl (C=O) groups excluding carboxylic acids is 2. The Labute approximate surface area is 234 Å². The second kappa shape index (κ2) is 11.6. The highest BCUT2D eigenvalue weighted by Crippen LogP contribution is 2.29. The van der Waals surface area contributed by atoms with Gasteiger partial charge in [-0.15, -0.1) is 11.3 Å². The second-order valence-corrected chi connectivity index (χ2v) is 12.2. The van der Waals surface area contributed by atoms with E-state index in [0.717, 1.165) is 27.2 Å². The first-order chi connectivity index (χ1) is 18.5. The van der Waals surface area contributed by atoms with Gasteiger partial charge in [0.25, 0.3) is 5.91 Å². The van der Waals surface area contributed by atoms with E-state index in [0.29, 0.717) is 35.0 Å². The van der Waals surface area contributed by atoms with Crippen molar-refractivity contribution < 1.29 is 9.59 Å². The van der Waals surface area contributed by atoms with Crippen LogP contribution < -0.4 is 16.0 Å². The maximum Gasteiger partial charge on any atom is 0.268 e. The van der Waals surface area contributed by atoms with Crippen molar-refractivity contribution in [3.63, 3.8) is 0 Å². The number of hydrogen-bond donors (Lipinski definition) is 3. The number of carbonyl (C=O) groups is 2. The van der Waals surface area contributed by atoms with Crippen LogP contribution in [0.5, 0.6) is 0 Å². The summed E-state index contributed by atoms with van der Waals surface area (Å²) in [5, 5.41) is 9.44. The lowest BCUT2D eigenvalue weighted by Crippen LogP contribution is -2.37. The Balaban J connectivity index is 1.73. The first kappa shape index (κ1) is 28.3. The molecule has 2 heterocycles. The normalized spacial score (nSPS) is 12.5. The number of nitrogens with zero attached hydrogens (tertiary/aromatic N) is 2. The molecule has 2 aromatic carbocycles. The van der Waals surface area contributed by atoms with Crippen molar-refractivity contribution in [1.29, 1.82) is 0 Å².